The van der Waals surface area contributed by atoms with Gasteiger partial charge in [-0.3, -0.25) is 0 Å². The molecule has 4 heteroatoms. The van der Waals surface area contributed by atoms with Crippen molar-refractivity contribution in [1.29, 1.82) is 5.26 Å². The van der Waals surface area contributed by atoms with E-state index in [2.05, 4.69) is 4.74 Å². The predicted molar refractivity (Wildman–Crippen MR) is 37.8 cm³/mol. The molecule has 0 saturated heterocycles. The van der Waals surface area contributed by atoms with Crippen LogP contribution in [0.1, 0.15) is 20.3 Å². The quantitative estimate of drug-likeness (QED) is 0.569. The minimum Gasteiger partial charge on any atom is -0.438 e. The summed E-state index contributed by atoms with van der Waals surface area (Å²) in [5.41, 5.74) is -0.762. The van der Waals surface area contributed by atoms with Crippen molar-refractivity contribution in [2.45, 2.75) is 25.9 Å². The summed E-state index contributed by atoms with van der Waals surface area (Å²) in [7, 11) is 1.23. The van der Waals surface area contributed by atoms with E-state index in [9.17, 15) is 4.79 Å². The van der Waals surface area contributed by atoms with Crippen LogP contribution >= 0.6 is 0 Å². The largest absolute Gasteiger partial charge is 0.508 e. The zero-order chi connectivity index (χ0) is 8.91. The number of hydrogen-bond acceptors (Lipinski definition) is 4. The van der Waals surface area contributed by atoms with Gasteiger partial charge in [-0.1, -0.05) is 0 Å². The average Bonchev–Trinajstić information content (AvgIpc) is 1.86. The molecular weight excluding hydrogens is 146 g/mol. The van der Waals surface area contributed by atoms with Gasteiger partial charge in [0, 0.05) is 0 Å². The summed E-state index contributed by atoms with van der Waals surface area (Å²) in [6.07, 6.45) is -0.604. The predicted octanol–water partition coefficient (Wildman–Crippen LogP) is 1.46. The summed E-state index contributed by atoms with van der Waals surface area (Å²) < 4.78 is 9.01. The first-order valence-electron chi connectivity index (χ1n) is 3.16. The van der Waals surface area contributed by atoms with Gasteiger partial charge in [0.1, 0.15) is 5.60 Å². The molecule has 0 atom stereocenters. The highest BCUT2D eigenvalue weighted by Gasteiger charge is 2.22. The molecule has 0 aliphatic rings. The molecule has 0 fully saturated rings. The summed E-state index contributed by atoms with van der Waals surface area (Å²) >= 11 is 0. The molecule has 0 rings (SSSR count). The number of carbonyl (C=O) groups is 1. The molecule has 0 aliphatic carbocycles. The van der Waals surface area contributed by atoms with Crippen molar-refractivity contribution >= 4 is 6.16 Å². The summed E-state index contributed by atoms with van der Waals surface area (Å²) in [5, 5.41) is 8.31. The van der Waals surface area contributed by atoms with E-state index in [-0.39, 0.29) is 6.42 Å². The Morgan fingerprint density at radius 3 is 2.55 bits per heavy atom. The van der Waals surface area contributed by atoms with E-state index in [0.29, 0.717) is 0 Å². The molecule has 0 bridgehead atoms. The van der Waals surface area contributed by atoms with Gasteiger partial charge in [-0.15, -0.1) is 0 Å². The lowest BCUT2D eigenvalue weighted by Gasteiger charge is -2.20. The van der Waals surface area contributed by atoms with Crippen LogP contribution in [0.2, 0.25) is 0 Å². The van der Waals surface area contributed by atoms with Gasteiger partial charge in [0.25, 0.3) is 0 Å². The lowest BCUT2D eigenvalue weighted by molar-refractivity contribution is -0.00410. The van der Waals surface area contributed by atoms with Crippen LogP contribution < -0.4 is 0 Å². The van der Waals surface area contributed by atoms with Gasteiger partial charge < -0.3 is 9.47 Å². The Hall–Kier alpha value is -1.24. The molecule has 4 nitrogen and oxygen atoms in total. The first-order chi connectivity index (χ1) is 5.02. The Bertz CT molecular complexity index is 181. The lowest BCUT2D eigenvalue weighted by atomic mass is 10.1. The summed E-state index contributed by atoms with van der Waals surface area (Å²) in [6.45, 7) is 3.29. The Balaban J connectivity index is 3.92. The van der Waals surface area contributed by atoms with Gasteiger partial charge in [-0.2, -0.15) is 5.26 Å². The van der Waals surface area contributed by atoms with Gasteiger partial charge in [-0.05, 0) is 13.8 Å². The normalized spacial score (nSPS) is 10.0. The summed E-state index contributed by atoms with van der Waals surface area (Å²) in [6, 6.07) is 1.90. The van der Waals surface area contributed by atoms with Crippen molar-refractivity contribution in [2.75, 3.05) is 7.11 Å². The first-order valence-corrected chi connectivity index (χ1v) is 3.16. The van der Waals surface area contributed by atoms with E-state index < -0.39 is 11.8 Å². The monoisotopic (exact) mass is 157 g/mol. The van der Waals surface area contributed by atoms with Gasteiger partial charge in [-0.25, -0.2) is 4.79 Å². The molecule has 0 heterocycles. The van der Waals surface area contributed by atoms with Gasteiger partial charge in [0.05, 0.1) is 19.6 Å². The van der Waals surface area contributed by atoms with Gasteiger partial charge in [0.2, 0.25) is 0 Å². The Labute approximate surface area is 65.7 Å². The van der Waals surface area contributed by atoms with E-state index in [1.807, 2.05) is 6.07 Å². The number of carbonyl (C=O) groups excluding carboxylic acids is 1. The summed E-state index contributed by atoms with van der Waals surface area (Å²) in [5.74, 6) is 0. The fourth-order valence-corrected chi connectivity index (χ4v) is 0.494. The van der Waals surface area contributed by atoms with Crippen molar-refractivity contribution in [3.63, 3.8) is 0 Å². The number of rotatable bonds is 2. The highest BCUT2D eigenvalue weighted by Crippen LogP contribution is 2.13. The standard InChI is InChI=1S/C7H11NO3/c1-7(2,4-5-8)11-6(9)10-3/h4H2,1-3H3. The van der Waals surface area contributed by atoms with Crippen LogP contribution in [0.4, 0.5) is 4.79 Å². The third kappa shape index (κ3) is 4.20. The number of nitrogens with zero attached hydrogens (tertiary/aromatic N) is 1. The van der Waals surface area contributed by atoms with Crippen LogP contribution in [0.3, 0.4) is 0 Å². The maximum atomic E-state index is 10.5. The third-order valence-electron chi connectivity index (χ3n) is 1.03. The number of ether oxygens (including phenoxy) is 2. The zero-order valence-electron chi connectivity index (χ0n) is 6.88. The number of hydrogen-bond donors (Lipinski definition) is 0. The van der Waals surface area contributed by atoms with E-state index in [1.165, 1.54) is 7.11 Å². The molecular formula is C7H11NO3. The van der Waals surface area contributed by atoms with Crippen molar-refractivity contribution in [3.05, 3.63) is 0 Å². The van der Waals surface area contributed by atoms with Crippen molar-refractivity contribution in [2.24, 2.45) is 0 Å². The smallest absolute Gasteiger partial charge is 0.438 e. The molecule has 0 unspecified atom stereocenters. The molecule has 11 heavy (non-hydrogen) atoms. The molecule has 0 aromatic rings. The zero-order valence-corrected chi connectivity index (χ0v) is 6.88. The highest BCUT2D eigenvalue weighted by molar-refractivity contribution is 5.60. The van der Waals surface area contributed by atoms with E-state index in [4.69, 9.17) is 10.00 Å². The maximum Gasteiger partial charge on any atom is 0.508 e. The fourth-order valence-electron chi connectivity index (χ4n) is 0.494. The molecule has 0 aromatic heterocycles. The van der Waals surface area contributed by atoms with Crippen molar-refractivity contribution < 1.29 is 14.3 Å². The molecule has 0 N–H and O–H groups in total. The number of nitriles is 1. The SMILES string of the molecule is COC(=O)OC(C)(C)CC#N. The fraction of sp³-hybridized carbons (Fsp3) is 0.714. The third-order valence-corrected chi connectivity index (χ3v) is 1.03. The average molecular weight is 157 g/mol. The molecule has 0 aliphatic heterocycles. The molecule has 0 radical (unpaired) electrons. The van der Waals surface area contributed by atoms with Crippen LogP contribution in [0.5, 0.6) is 0 Å². The second-order valence-electron chi connectivity index (χ2n) is 2.65. The maximum absolute atomic E-state index is 10.5. The minimum absolute atomic E-state index is 0.155. The van der Waals surface area contributed by atoms with Crippen LogP contribution in [0, 0.1) is 11.3 Å². The molecule has 62 valence electrons. The Kier molecular flexibility index (Phi) is 3.38. The second-order valence-corrected chi connectivity index (χ2v) is 2.65. The topological polar surface area (TPSA) is 59.3 Å². The number of methoxy groups -OCH3 is 1. The van der Waals surface area contributed by atoms with Crippen LogP contribution in [0.15, 0.2) is 0 Å². The van der Waals surface area contributed by atoms with E-state index in [1.54, 1.807) is 13.8 Å². The van der Waals surface area contributed by atoms with E-state index >= 15 is 0 Å². The molecule has 0 saturated carbocycles. The van der Waals surface area contributed by atoms with Crippen molar-refractivity contribution in [3.8, 4) is 6.07 Å². The van der Waals surface area contributed by atoms with Gasteiger partial charge in [0.15, 0.2) is 0 Å². The lowest BCUT2D eigenvalue weighted by Crippen LogP contribution is -2.27. The first kappa shape index (κ1) is 9.76. The van der Waals surface area contributed by atoms with Gasteiger partial charge >= 0.3 is 6.16 Å². The Morgan fingerprint density at radius 1 is 1.64 bits per heavy atom. The Morgan fingerprint density at radius 2 is 2.18 bits per heavy atom. The molecule has 0 aromatic carbocycles. The van der Waals surface area contributed by atoms with Crippen molar-refractivity contribution in [1.82, 2.24) is 0 Å². The van der Waals surface area contributed by atoms with Crippen LogP contribution in [0.25, 0.3) is 0 Å². The second kappa shape index (κ2) is 3.81. The minimum atomic E-state index is -0.762. The summed E-state index contributed by atoms with van der Waals surface area (Å²) in [4.78, 5) is 10.5. The van der Waals surface area contributed by atoms with Crippen LogP contribution in [-0.2, 0) is 9.47 Å². The molecule has 0 amide bonds. The highest BCUT2D eigenvalue weighted by atomic mass is 16.7. The molecule has 0 spiro atoms. The van der Waals surface area contributed by atoms with Crippen LogP contribution in [-0.4, -0.2) is 18.9 Å². The van der Waals surface area contributed by atoms with E-state index in [0.717, 1.165) is 0 Å².